The third-order valence-electron chi connectivity index (χ3n) is 5.03. The van der Waals surface area contributed by atoms with Gasteiger partial charge in [-0.05, 0) is 25.7 Å². The summed E-state index contributed by atoms with van der Waals surface area (Å²) in [6.45, 7) is 5.13. The van der Waals surface area contributed by atoms with Gasteiger partial charge in [-0.15, -0.1) is 11.6 Å². The number of amides is 1. The van der Waals surface area contributed by atoms with Crippen LogP contribution in [0.4, 0.5) is 0 Å². The highest BCUT2D eigenvalue weighted by atomic mass is 35.5. The molecule has 0 N–H and O–H groups in total. The monoisotopic (exact) mass is 348 g/mol. The quantitative estimate of drug-likeness (QED) is 0.179. The number of hydroxylamine groups is 2. The van der Waals surface area contributed by atoms with Crippen LogP contribution in [0.5, 0.6) is 0 Å². The molecule has 2 rings (SSSR count). The second-order valence-corrected chi connectivity index (χ2v) is 9.01. The molecular formula is C17H31ClNO2S+. The van der Waals surface area contributed by atoms with Gasteiger partial charge in [-0.2, -0.15) is 4.84 Å². The summed E-state index contributed by atoms with van der Waals surface area (Å²) in [6, 6.07) is 0. The Morgan fingerprint density at radius 1 is 1.14 bits per heavy atom. The van der Waals surface area contributed by atoms with Crippen LogP contribution in [0.1, 0.15) is 84.5 Å². The number of hydrogen-bond donors (Lipinski definition) is 0. The molecule has 0 aromatic carbocycles. The van der Waals surface area contributed by atoms with E-state index in [2.05, 4.69) is 13.8 Å². The van der Waals surface area contributed by atoms with Gasteiger partial charge < -0.3 is 0 Å². The van der Waals surface area contributed by atoms with Crippen molar-refractivity contribution in [3.63, 3.8) is 0 Å². The molecule has 1 aliphatic heterocycles. The highest BCUT2D eigenvalue weighted by Crippen LogP contribution is 2.63. The Morgan fingerprint density at radius 2 is 1.82 bits per heavy atom. The normalized spacial score (nSPS) is 38.0. The van der Waals surface area contributed by atoms with E-state index in [0.29, 0.717) is 0 Å². The SMILES string of the molecule is CCCCCCC1(Cl)CCCCC12O[N+](C=O)(CCCC)S2. The smallest absolute Gasteiger partial charge is 0.229 e. The van der Waals surface area contributed by atoms with Gasteiger partial charge in [-0.1, -0.05) is 56.4 Å². The molecule has 3 atom stereocenters. The summed E-state index contributed by atoms with van der Waals surface area (Å²) in [4.78, 5) is 17.2. The van der Waals surface area contributed by atoms with E-state index >= 15 is 0 Å². The van der Waals surface area contributed by atoms with Crippen LogP contribution >= 0.6 is 23.5 Å². The molecule has 1 amide bonds. The van der Waals surface area contributed by atoms with Crippen molar-refractivity contribution in [2.45, 2.75) is 94.3 Å². The lowest BCUT2D eigenvalue weighted by Crippen LogP contribution is -2.69. The van der Waals surface area contributed by atoms with Crippen LogP contribution in [0.3, 0.4) is 0 Å². The van der Waals surface area contributed by atoms with Crippen molar-refractivity contribution >= 4 is 30.0 Å². The Labute approximate surface area is 144 Å². The lowest BCUT2D eigenvalue weighted by Gasteiger charge is -2.56. The van der Waals surface area contributed by atoms with Crippen molar-refractivity contribution < 1.29 is 13.7 Å². The molecule has 0 aromatic rings. The topological polar surface area (TPSA) is 26.3 Å². The molecule has 5 heteroatoms. The number of carbonyl (C=O) groups excluding carboxylic acids is 1. The van der Waals surface area contributed by atoms with E-state index in [4.69, 9.17) is 16.4 Å². The molecule has 128 valence electrons. The molecule has 22 heavy (non-hydrogen) atoms. The van der Waals surface area contributed by atoms with E-state index < -0.39 is 0 Å². The van der Waals surface area contributed by atoms with Gasteiger partial charge in [0.1, 0.15) is 6.54 Å². The zero-order valence-corrected chi connectivity index (χ0v) is 15.7. The van der Waals surface area contributed by atoms with Crippen molar-refractivity contribution in [3.8, 4) is 0 Å². The van der Waals surface area contributed by atoms with E-state index in [1.54, 1.807) is 11.9 Å². The molecule has 0 radical (unpaired) electrons. The minimum atomic E-state index is -0.340. The Hall–Kier alpha value is 0.230. The molecule has 1 saturated heterocycles. The lowest BCUT2D eigenvalue weighted by atomic mass is 9.81. The summed E-state index contributed by atoms with van der Waals surface area (Å²) in [5.74, 6) is 0. The van der Waals surface area contributed by atoms with Crippen molar-refractivity contribution in [2.24, 2.45) is 0 Å². The van der Waals surface area contributed by atoms with Crippen molar-refractivity contribution in [2.75, 3.05) is 6.54 Å². The maximum Gasteiger partial charge on any atom is 0.345 e. The Bertz CT molecular complexity index is 374. The number of quaternary nitrogens is 1. The standard InChI is InChI=1S/C17H31ClNO2S/c1-3-5-7-8-11-16(18)12-9-10-13-17(16)21-19(15-20,22-17)14-6-4-2/h15H,3-14H2,1-2H3/q+1. The predicted molar refractivity (Wildman–Crippen MR) is 93.3 cm³/mol. The first-order valence-electron chi connectivity index (χ1n) is 9.00. The van der Waals surface area contributed by atoms with Crippen LogP contribution in [0.2, 0.25) is 0 Å². The van der Waals surface area contributed by atoms with Gasteiger partial charge in [0.25, 0.3) is 0 Å². The molecule has 3 unspecified atom stereocenters. The number of nitrogens with zero attached hydrogens (tertiary/aromatic N) is 1. The predicted octanol–water partition coefficient (Wildman–Crippen LogP) is 5.57. The summed E-state index contributed by atoms with van der Waals surface area (Å²) in [6.07, 6.45) is 13.3. The first kappa shape index (κ1) is 18.6. The zero-order valence-electron chi connectivity index (χ0n) is 14.1. The molecule has 1 heterocycles. The molecule has 2 aliphatic rings. The number of unbranched alkanes of at least 4 members (excludes halogenated alkanes) is 4. The van der Waals surface area contributed by atoms with Gasteiger partial charge in [0.15, 0.2) is 11.9 Å². The Balaban J connectivity index is 1.99. The minimum Gasteiger partial charge on any atom is -0.229 e. The minimum absolute atomic E-state index is 0.0945. The summed E-state index contributed by atoms with van der Waals surface area (Å²) in [5, 5.41) is 0. The summed E-state index contributed by atoms with van der Waals surface area (Å²) in [7, 11) is 0. The van der Waals surface area contributed by atoms with E-state index in [1.165, 1.54) is 32.1 Å². The fourth-order valence-corrected chi connectivity index (χ4v) is 5.75. The zero-order chi connectivity index (χ0) is 16.1. The molecule has 2 fully saturated rings. The first-order chi connectivity index (χ1) is 10.6. The fourth-order valence-electron chi connectivity index (χ4n) is 3.65. The number of carbonyl (C=O) groups is 1. The van der Waals surface area contributed by atoms with Crippen LogP contribution in [-0.2, 0) is 9.63 Å². The third kappa shape index (κ3) is 3.66. The molecule has 0 aromatic heterocycles. The third-order valence-corrected chi connectivity index (χ3v) is 7.44. The first-order valence-corrected chi connectivity index (χ1v) is 10.1. The maximum absolute atomic E-state index is 11.5. The number of halogens is 1. The summed E-state index contributed by atoms with van der Waals surface area (Å²) in [5.41, 5.74) is 0. The van der Waals surface area contributed by atoms with Crippen LogP contribution in [0, 0.1) is 0 Å². The molecular weight excluding hydrogens is 318 g/mol. The second kappa shape index (κ2) is 7.87. The van der Waals surface area contributed by atoms with Crippen LogP contribution in [-0.4, -0.2) is 26.8 Å². The van der Waals surface area contributed by atoms with Crippen LogP contribution in [0.15, 0.2) is 0 Å². The molecule has 3 nitrogen and oxygen atoms in total. The van der Waals surface area contributed by atoms with Crippen molar-refractivity contribution in [3.05, 3.63) is 0 Å². The molecule has 1 saturated carbocycles. The summed E-state index contributed by atoms with van der Waals surface area (Å²) < 4.78 is 0.0945. The second-order valence-electron chi connectivity index (χ2n) is 6.83. The number of alkyl halides is 1. The lowest BCUT2D eigenvalue weighted by molar-refractivity contribution is -0.969. The van der Waals surface area contributed by atoms with E-state index in [-0.39, 0.29) is 13.9 Å². The largest absolute Gasteiger partial charge is 0.345 e. The van der Waals surface area contributed by atoms with E-state index in [0.717, 1.165) is 51.5 Å². The van der Waals surface area contributed by atoms with Gasteiger partial charge in [-0.3, -0.25) is 0 Å². The van der Waals surface area contributed by atoms with E-state index in [9.17, 15) is 4.79 Å². The fraction of sp³-hybridized carbons (Fsp3) is 0.941. The number of hydrogen-bond acceptors (Lipinski definition) is 3. The van der Waals surface area contributed by atoms with Crippen molar-refractivity contribution in [1.29, 1.82) is 0 Å². The van der Waals surface area contributed by atoms with Crippen LogP contribution in [0.25, 0.3) is 0 Å². The molecule has 1 aliphatic carbocycles. The maximum atomic E-state index is 11.5. The summed E-state index contributed by atoms with van der Waals surface area (Å²) >= 11 is 8.73. The van der Waals surface area contributed by atoms with Gasteiger partial charge in [0.2, 0.25) is 4.93 Å². The van der Waals surface area contributed by atoms with Crippen LogP contribution < -0.4 is 0 Å². The van der Waals surface area contributed by atoms with Gasteiger partial charge in [-0.25, -0.2) is 4.79 Å². The number of rotatable bonds is 9. The Kier molecular flexibility index (Phi) is 6.64. The average Bonchev–Trinajstić information content (AvgIpc) is 2.49. The van der Waals surface area contributed by atoms with E-state index in [1.807, 2.05) is 0 Å². The molecule has 0 bridgehead atoms. The van der Waals surface area contributed by atoms with Gasteiger partial charge in [0.05, 0.1) is 4.87 Å². The van der Waals surface area contributed by atoms with Gasteiger partial charge in [0, 0.05) is 6.42 Å². The average molecular weight is 349 g/mol. The molecule has 1 spiro atoms. The highest BCUT2D eigenvalue weighted by molar-refractivity contribution is 7.96. The highest BCUT2D eigenvalue weighted by Gasteiger charge is 2.71. The van der Waals surface area contributed by atoms with Crippen molar-refractivity contribution in [1.82, 2.24) is 0 Å². The Morgan fingerprint density at radius 3 is 2.45 bits per heavy atom. The van der Waals surface area contributed by atoms with Gasteiger partial charge >= 0.3 is 6.41 Å².